The normalized spacial score (nSPS) is 11.1. The van der Waals surface area contributed by atoms with Gasteiger partial charge in [-0.3, -0.25) is 9.78 Å². The first-order valence-corrected chi connectivity index (χ1v) is 6.39. The Bertz CT molecular complexity index is 752. The highest BCUT2D eigenvalue weighted by Crippen LogP contribution is 2.14. The van der Waals surface area contributed by atoms with E-state index in [0.717, 1.165) is 6.08 Å². The molecule has 1 aromatic carbocycles. The van der Waals surface area contributed by atoms with E-state index in [9.17, 15) is 14.0 Å². The summed E-state index contributed by atoms with van der Waals surface area (Å²) in [5.74, 6) is -1.92. The topological polar surface area (TPSA) is 67.3 Å². The molecule has 0 saturated heterocycles. The van der Waals surface area contributed by atoms with E-state index in [1.807, 2.05) is 0 Å². The predicted molar refractivity (Wildman–Crippen MR) is 80.7 cm³/mol. The molecule has 0 fully saturated rings. The van der Waals surface area contributed by atoms with Crippen LogP contribution in [0.5, 0.6) is 0 Å². The zero-order valence-corrected chi connectivity index (χ0v) is 11.4. The first-order chi connectivity index (χ1) is 10.6. The quantitative estimate of drug-likeness (QED) is 0.679. The van der Waals surface area contributed by atoms with Crippen molar-refractivity contribution in [1.29, 1.82) is 0 Å². The molecule has 0 atom stereocenters. The van der Waals surface area contributed by atoms with Crippen LogP contribution in [0.3, 0.4) is 0 Å². The minimum atomic E-state index is -1.11. The maximum absolute atomic E-state index is 13.9. The van der Waals surface area contributed by atoms with Gasteiger partial charge in [-0.1, -0.05) is 12.1 Å². The van der Waals surface area contributed by atoms with E-state index in [1.54, 1.807) is 24.4 Å². The van der Waals surface area contributed by atoms with Crippen molar-refractivity contribution in [1.82, 2.24) is 4.98 Å². The molecule has 110 valence electrons. The fourth-order valence-corrected chi connectivity index (χ4v) is 1.72. The van der Waals surface area contributed by atoms with Crippen molar-refractivity contribution in [3.05, 3.63) is 77.4 Å². The van der Waals surface area contributed by atoms with E-state index in [2.05, 4.69) is 4.98 Å². The van der Waals surface area contributed by atoms with Crippen LogP contribution in [0.2, 0.25) is 0 Å². The summed E-state index contributed by atoms with van der Waals surface area (Å²) in [6.07, 6.45) is 7.85. The van der Waals surface area contributed by atoms with Crippen molar-refractivity contribution in [3.63, 3.8) is 0 Å². The number of aromatic nitrogens is 1. The summed E-state index contributed by atoms with van der Waals surface area (Å²) in [5, 5.41) is 8.52. The van der Waals surface area contributed by atoms with Crippen molar-refractivity contribution in [3.8, 4) is 0 Å². The van der Waals surface area contributed by atoms with Gasteiger partial charge in [0.1, 0.15) is 5.82 Å². The van der Waals surface area contributed by atoms with Crippen LogP contribution in [0, 0.1) is 5.82 Å². The van der Waals surface area contributed by atoms with Crippen LogP contribution < -0.4 is 0 Å². The Hall–Kier alpha value is -3.08. The molecule has 1 N–H and O–H groups in total. The summed E-state index contributed by atoms with van der Waals surface area (Å²) in [6, 6.07) is 7.51. The maximum atomic E-state index is 13.9. The van der Waals surface area contributed by atoms with E-state index in [4.69, 9.17) is 5.11 Å². The number of hydrogen-bond acceptors (Lipinski definition) is 3. The highest BCUT2D eigenvalue weighted by atomic mass is 19.1. The van der Waals surface area contributed by atoms with Gasteiger partial charge in [0, 0.05) is 29.6 Å². The van der Waals surface area contributed by atoms with Crippen LogP contribution in [-0.4, -0.2) is 21.8 Å². The number of carboxylic acid groups (broad SMARTS) is 1. The van der Waals surface area contributed by atoms with Crippen molar-refractivity contribution >= 4 is 23.9 Å². The molecule has 0 aliphatic heterocycles. The molecule has 0 bridgehead atoms. The lowest BCUT2D eigenvalue weighted by atomic mass is 10.1. The Balaban J connectivity index is 2.15. The van der Waals surface area contributed by atoms with Crippen LogP contribution >= 0.6 is 0 Å². The molecule has 0 saturated carbocycles. The molecule has 22 heavy (non-hydrogen) atoms. The Labute approximate surface area is 126 Å². The van der Waals surface area contributed by atoms with Gasteiger partial charge in [0.05, 0.1) is 0 Å². The molecule has 0 aliphatic carbocycles. The van der Waals surface area contributed by atoms with Gasteiger partial charge in [-0.15, -0.1) is 0 Å². The summed E-state index contributed by atoms with van der Waals surface area (Å²) in [6.45, 7) is 0. The number of aliphatic carboxylic acids is 1. The number of ketones is 1. The molecule has 0 amide bonds. The first kappa shape index (κ1) is 15.3. The van der Waals surface area contributed by atoms with Crippen molar-refractivity contribution in [2.24, 2.45) is 0 Å². The average molecular weight is 297 g/mol. The minimum absolute atomic E-state index is 0.240. The summed E-state index contributed by atoms with van der Waals surface area (Å²) >= 11 is 0. The van der Waals surface area contributed by atoms with Gasteiger partial charge < -0.3 is 5.11 Å². The number of benzene rings is 1. The van der Waals surface area contributed by atoms with Gasteiger partial charge in [0.2, 0.25) is 0 Å². The van der Waals surface area contributed by atoms with Gasteiger partial charge in [-0.05, 0) is 42.0 Å². The second-order valence-corrected chi connectivity index (χ2v) is 4.39. The zero-order valence-electron chi connectivity index (χ0n) is 11.4. The van der Waals surface area contributed by atoms with Crippen LogP contribution in [0.25, 0.3) is 12.2 Å². The van der Waals surface area contributed by atoms with Crippen LogP contribution in [0.4, 0.5) is 4.39 Å². The van der Waals surface area contributed by atoms with E-state index in [1.165, 1.54) is 36.6 Å². The Kier molecular flexibility index (Phi) is 4.93. The third kappa shape index (κ3) is 4.21. The van der Waals surface area contributed by atoms with Gasteiger partial charge in [0.15, 0.2) is 5.78 Å². The largest absolute Gasteiger partial charge is 0.478 e. The van der Waals surface area contributed by atoms with Gasteiger partial charge >= 0.3 is 5.97 Å². The molecule has 2 aromatic rings. The van der Waals surface area contributed by atoms with E-state index >= 15 is 0 Å². The third-order valence-corrected chi connectivity index (χ3v) is 2.80. The second-order valence-electron chi connectivity index (χ2n) is 4.39. The van der Waals surface area contributed by atoms with E-state index < -0.39 is 11.8 Å². The molecule has 0 unspecified atom stereocenters. The lowest BCUT2D eigenvalue weighted by molar-refractivity contribution is -0.131. The maximum Gasteiger partial charge on any atom is 0.328 e. The Morgan fingerprint density at radius 1 is 1.14 bits per heavy atom. The summed E-state index contributed by atoms with van der Waals surface area (Å²) in [7, 11) is 0. The number of nitrogens with zero attached hydrogens (tertiary/aromatic N) is 1. The number of allylic oxidation sites excluding steroid dienone is 1. The highest BCUT2D eigenvalue weighted by Gasteiger charge is 2.03. The number of rotatable bonds is 5. The molecule has 2 rings (SSSR count). The lowest BCUT2D eigenvalue weighted by Gasteiger charge is -1.99. The van der Waals surface area contributed by atoms with Crippen LogP contribution in [0.1, 0.15) is 21.5 Å². The summed E-state index contributed by atoms with van der Waals surface area (Å²) in [4.78, 5) is 26.1. The number of carboxylic acids is 1. The first-order valence-electron chi connectivity index (χ1n) is 6.39. The number of hydrogen-bond donors (Lipinski definition) is 1. The molecule has 5 heteroatoms. The minimum Gasteiger partial charge on any atom is -0.478 e. The highest BCUT2D eigenvalue weighted by molar-refractivity contribution is 6.06. The van der Waals surface area contributed by atoms with Crippen molar-refractivity contribution < 1.29 is 19.1 Å². The van der Waals surface area contributed by atoms with Crippen LogP contribution in [-0.2, 0) is 4.79 Å². The van der Waals surface area contributed by atoms with Gasteiger partial charge in [-0.25, -0.2) is 9.18 Å². The van der Waals surface area contributed by atoms with Gasteiger partial charge in [-0.2, -0.15) is 0 Å². The van der Waals surface area contributed by atoms with Crippen molar-refractivity contribution in [2.45, 2.75) is 0 Å². The molecule has 1 aromatic heterocycles. The summed E-state index contributed by atoms with van der Waals surface area (Å²) in [5.41, 5.74) is 1.08. The van der Waals surface area contributed by atoms with Gasteiger partial charge in [0.25, 0.3) is 0 Å². The Morgan fingerprint density at radius 2 is 1.95 bits per heavy atom. The Morgan fingerprint density at radius 3 is 2.59 bits per heavy atom. The molecule has 1 heterocycles. The molecule has 4 nitrogen and oxygen atoms in total. The molecular formula is C17H12FNO3. The monoisotopic (exact) mass is 297 g/mol. The molecular weight excluding hydrogens is 285 g/mol. The lowest BCUT2D eigenvalue weighted by Crippen LogP contribution is -1.94. The number of carbonyl (C=O) groups is 2. The molecule has 0 aliphatic rings. The number of pyridine rings is 1. The fraction of sp³-hybridized carbons (Fsp3) is 0. The van der Waals surface area contributed by atoms with Crippen molar-refractivity contribution in [2.75, 3.05) is 0 Å². The van der Waals surface area contributed by atoms with E-state index in [0.29, 0.717) is 11.1 Å². The smallest absolute Gasteiger partial charge is 0.328 e. The third-order valence-electron chi connectivity index (χ3n) is 2.80. The molecule has 0 radical (unpaired) electrons. The number of carbonyl (C=O) groups excluding carboxylic acids is 1. The molecule has 0 spiro atoms. The second kappa shape index (κ2) is 7.08. The number of halogens is 1. The van der Waals surface area contributed by atoms with E-state index in [-0.39, 0.29) is 11.3 Å². The van der Waals surface area contributed by atoms with Crippen LogP contribution in [0.15, 0.2) is 54.9 Å². The zero-order chi connectivity index (χ0) is 15.9. The summed E-state index contributed by atoms with van der Waals surface area (Å²) < 4.78 is 13.9. The SMILES string of the molecule is O=C(O)/C=C/c1ccc(/C=C/C(=O)c2cccnc2)c(F)c1. The average Bonchev–Trinajstić information content (AvgIpc) is 2.52. The fourth-order valence-electron chi connectivity index (χ4n) is 1.72. The standard InChI is InChI=1S/C17H12FNO3/c18-15-10-12(4-8-17(21)22)3-5-13(15)6-7-16(20)14-2-1-9-19-11-14/h1-11H,(H,21,22)/b7-6+,8-4+. The predicted octanol–water partition coefficient (Wildman–Crippen LogP) is 3.21.